The lowest BCUT2D eigenvalue weighted by atomic mass is 10.1. The lowest BCUT2D eigenvalue weighted by Gasteiger charge is -2.17. The Bertz CT molecular complexity index is 452. The van der Waals surface area contributed by atoms with Gasteiger partial charge in [-0.1, -0.05) is 13.3 Å². The molecule has 1 aromatic rings. The van der Waals surface area contributed by atoms with E-state index < -0.39 is 4.92 Å². The molecular weight excluding hydrogens is 236 g/mol. The number of nitrogens with two attached hydrogens (primary N) is 1. The molecule has 98 valence electrons. The molecule has 0 aromatic carbocycles. The fourth-order valence-electron chi connectivity index (χ4n) is 2.22. The maximum absolute atomic E-state index is 10.9. The number of nitrogens with zero attached hydrogens (tertiary/aromatic N) is 3. The Morgan fingerprint density at radius 3 is 2.89 bits per heavy atom. The Morgan fingerprint density at radius 1 is 1.56 bits per heavy atom. The Balaban J connectivity index is 2.25. The van der Waals surface area contributed by atoms with Crippen molar-refractivity contribution in [3.05, 3.63) is 16.3 Å². The molecular formula is C10H16N6O2. The quantitative estimate of drug-likeness (QED) is 0.419. The van der Waals surface area contributed by atoms with Gasteiger partial charge in [0.2, 0.25) is 11.8 Å². The highest BCUT2D eigenvalue weighted by Crippen LogP contribution is 2.30. The first-order chi connectivity index (χ1) is 8.61. The minimum absolute atomic E-state index is 0.131. The highest BCUT2D eigenvalue weighted by atomic mass is 16.6. The predicted octanol–water partition coefficient (Wildman–Crippen LogP) is 1.27. The highest BCUT2D eigenvalue weighted by molar-refractivity contribution is 5.57. The summed E-state index contributed by atoms with van der Waals surface area (Å²) in [6.07, 6.45) is 4.40. The first-order valence-corrected chi connectivity index (χ1v) is 5.86. The normalized spacial score (nSPS) is 22.8. The molecule has 1 saturated carbocycles. The molecule has 0 aliphatic heterocycles. The second-order valence-electron chi connectivity index (χ2n) is 4.49. The van der Waals surface area contributed by atoms with Crippen molar-refractivity contribution in [2.75, 3.05) is 10.7 Å². The summed E-state index contributed by atoms with van der Waals surface area (Å²) in [5.74, 6) is 6.07. The molecule has 2 atom stereocenters. The molecule has 0 spiro atoms. The maximum atomic E-state index is 10.9. The van der Waals surface area contributed by atoms with E-state index in [1.807, 2.05) is 0 Å². The molecule has 2 unspecified atom stereocenters. The van der Waals surface area contributed by atoms with Crippen LogP contribution in [0.2, 0.25) is 0 Å². The van der Waals surface area contributed by atoms with E-state index >= 15 is 0 Å². The zero-order valence-electron chi connectivity index (χ0n) is 10.1. The van der Waals surface area contributed by atoms with Gasteiger partial charge in [-0.3, -0.25) is 15.5 Å². The van der Waals surface area contributed by atoms with E-state index in [4.69, 9.17) is 5.84 Å². The lowest BCUT2D eigenvalue weighted by Crippen LogP contribution is -2.23. The second-order valence-corrected chi connectivity index (χ2v) is 4.49. The topological polar surface area (TPSA) is 119 Å². The monoisotopic (exact) mass is 252 g/mol. The summed E-state index contributed by atoms with van der Waals surface area (Å²) >= 11 is 0. The van der Waals surface area contributed by atoms with Crippen LogP contribution in [0.25, 0.3) is 0 Å². The molecule has 0 radical (unpaired) electrons. The van der Waals surface area contributed by atoms with Crippen LogP contribution in [-0.2, 0) is 0 Å². The Hall–Kier alpha value is -1.96. The first-order valence-electron chi connectivity index (χ1n) is 5.86. The van der Waals surface area contributed by atoms with Gasteiger partial charge in [-0.25, -0.2) is 10.8 Å². The van der Waals surface area contributed by atoms with Crippen LogP contribution in [0.1, 0.15) is 26.2 Å². The van der Waals surface area contributed by atoms with Crippen molar-refractivity contribution >= 4 is 17.5 Å². The third-order valence-corrected chi connectivity index (χ3v) is 3.28. The van der Waals surface area contributed by atoms with Crippen LogP contribution in [0.4, 0.5) is 17.5 Å². The first kappa shape index (κ1) is 12.5. The van der Waals surface area contributed by atoms with E-state index in [1.54, 1.807) is 0 Å². The molecule has 0 bridgehead atoms. The maximum Gasteiger partial charge on any atom is 0.329 e. The zero-order valence-corrected chi connectivity index (χ0v) is 10.1. The van der Waals surface area contributed by atoms with Crippen molar-refractivity contribution < 1.29 is 4.92 Å². The highest BCUT2D eigenvalue weighted by Gasteiger charge is 2.27. The fourth-order valence-corrected chi connectivity index (χ4v) is 2.22. The van der Waals surface area contributed by atoms with Gasteiger partial charge in [0, 0.05) is 6.04 Å². The van der Waals surface area contributed by atoms with Crippen LogP contribution < -0.4 is 16.6 Å². The molecule has 8 heteroatoms. The van der Waals surface area contributed by atoms with Crippen LogP contribution in [0.5, 0.6) is 0 Å². The number of rotatable bonds is 4. The third-order valence-electron chi connectivity index (χ3n) is 3.28. The number of nitro groups is 1. The standard InChI is InChI=1S/C10H16N6O2/c1-6-3-2-4-7(6)13-9-8(16(17)18)5-12-10(14-9)15-11/h5-7H,2-4,11H2,1H3,(H2,12,13,14,15). The van der Waals surface area contributed by atoms with Crippen molar-refractivity contribution in [3.63, 3.8) is 0 Å². The molecule has 1 heterocycles. The number of hydrogen-bond donors (Lipinski definition) is 3. The summed E-state index contributed by atoms with van der Waals surface area (Å²) in [4.78, 5) is 18.2. The molecule has 1 aliphatic carbocycles. The smallest absolute Gasteiger partial charge is 0.329 e. The van der Waals surface area contributed by atoms with E-state index in [0.717, 1.165) is 25.5 Å². The minimum Gasteiger partial charge on any atom is -0.361 e. The molecule has 18 heavy (non-hydrogen) atoms. The van der Waals surface area contributed by atoms with E-state index in [9.17, 15) is 10.1 Å². The van der Waals surface area contributed by atoms with Gasteiger partial charge in [-0.05, 0) is 18.8 Å². The molecule has 8 nitrogen and oxygen atoms in total. The predicted molar refractivity (Wildman–Crippen MR) is 66.9 cm³/mol. The number of aromatic nitrogens is 2. The number of nitrogen functional groups attached to an aromatic ring is 1. The molecule has 0 saturated heterocycles. The van der Waals surface area contributed by atoms with E-state index in [2.05, 4.69) is 27.6 Å². The lowest BCUT2D eigenvalue weighted by molar-refractivity contribution is -0.384. The van der Waals surface area contributed by atoms with Gasteiger partial charge in [0.1, 0.15) is 6.20 Å². The Kier molecular flexibility index (Phi) is 3.56. The molecule has 1 aliphatic rings. The van der Waals surface area contributed by atoms with Crippen LogP contribution in [-0.4, -0.2) is 20.9 Å². The van der Waals surface area contributed by atoms with Crippen molar-refractivity contribution in [2.24, 2.45) is 11.8 Å². The summed E-state index contributed by atoms with van der Waals surface area (Å²) in [5.41, 5.74) is 2.15. The molecule has 1 aromatic heterocycles. The van der Waals surface area contributed by atoms with Gasteiger partial charge in [-0.2, -0.15) is 4.98 Å². The van der Waals surface area contributed by atoms with Gasteiger partial charge in [0.15, 0.2) is 0 Å². The van der Waals surface area contributed by atoms with Gasteiger partial charge in [0.25, 0.3) is 0 Å². The largest absolute Gasteiger partial charge is 0.361 e. The van der Waals surface area contributed by atoms with Gasteiger partial charge >= 0.3 is 5.69 Å². The van der Waals surface area contributed by atoms with Crippen molar-refractivity contribution in [1.82, 2.24) is 9.97 Å². The van der Waals surface area contributed by atoms with Gasteiger partial charge in [0.05, 0.1) is 4.92 Å². The summed E-state index contributed by atoms with van der Waals surface area (Å²) in [5, 5.41) is 14.0. The van der Waals surface area contributed by atoms with Crippen molar-refractivity contribution in [1.29, 1.82) is 0 Å². The molecule has 4 N–H and O–H groups in total. The Morgan fingerprint density at radius 2 is 2.33 bits per heavy atom. The van der Waals surface area contributed by atoms with Crippen LogP contribution in [0, 0.1) is 16.0 Å². The summed E-state index contributed by atoms with van der Waals surface area (Å²) in [6, 6.07) is 0.212. The average molecular weight is 252 g/mol. The van der Waals surface area contributed by atoms with Crippen molar-refractivity contribution in [2.45, 2.75) is 32.2 Å². The average Bonchev–Trinajstić information content (AvgIpc) is 2.74. The molecule has 2 rings (SSSR count). The Labute approximate surface area is 104 Å². The van der Waals surface area contributed by atoms with Crippen LogP contribution in [0.15, 0.2) is 6.20 Å². The zero-order chi connectivity index (χ0) is 13.1. The number of hydrogen-bond acceptors (Lipinski definition) is 7. The summed E-state index contributed by atoms with van der Waals surface area (Å²) in [7, 11) is 0. The minimum atomic E-state index is -0.498. The van der Waals surface area contributed by atoms with Gasteiger partial charge in [-0.15, -0.1) is 0 Å². The fraction of sp³-hybridized carbons (Fsp3) is 0.600. The SMILES string of the molecule is CC1CCCC1Nc1nc(NN)ncc1[N+](=O)[O-]. The van der Waals surface area contributed by atoms with Crippen LogP contribution in [0.3, 0.4) is 0 Å². The summed E-state index contributed by atoms with van der Waals surface area (Å²) in [6.45, 7) is 2.12. The van der Waals surface area contributed by atoms with E-state index in [1.165, 1.54) is 0 Å². The van der Waals surface area contributed by atoms with Crippen LogP contribution >= 0.6 is 0 Å². The van der Waals surface area contributed by atoms with Gasteiger partial charge < -0.3 is 5.32 Å². The third kappa shape index (κ3) is 2.48. The van der Waals surface area contributed by atoms with Crippen molar-refractivity contribution in [3.8, 4) is 0 Å². The molecule has 1 fully saturated rings. The molecule has 0 amide bonds. The number of hydrazine groups is 1. The van der Waals surface area contributed by atoms with E-state index in [0.29, 0.717) is 5.92 Å². The number of anilines is 2. The van der Waals surface area contributed by atoms with E-state index in [-0.39, 0.29) is 23.5 Å². The summed E-state index contributed by atoms with van der Waals surface area (Å²) < 4.78 is 0. The number of nitrogens with one attached hydrogen (secondary N) is 2. The second kappa shape index (κ2) is 5.13.